The van der Waals surface area contributed by atoms with Gasteiger partial charge in [0.1, 0.15) is 0 Å². The number of aromatic nitrogens is 2. The number of benzene rings is 4. The lowest BCUT2D eigenvalue weighted by Gasteiger charge is -2.13. The van der Waals surface area contributed by atoms with Crippen LogP contribution in [0.4, 0.5) is 0 Å². The highest BCUT2D eigenvalue weighted by atomic mass is 15.0. The van der Waals surface area contributed by atoms with Gasteiger partial charge in [0.25, 0.3) is 0 Å². The highest BCUT2D eigenvalue weighted by Crippen LogP contribution is 2.35. The number of allylic oxidation sites excluding steroid dienone is 2. The summed E-state index contributed by atoms with van der Waals surface area (Å²) in [6.45, 7) is 6.19. The van der Waals surface area contributed by atoms with Crippen molar-refractivity contribution >= 4 is 40.0 Å². The van der Waals surface area contributed by atoms with Crippen LogP contribution in [-0.2, 0) is 6.42 Å². The Bertz CT molecular complexity index is 1910. The molecule has 188 valence electrons. The molecule has 0 bridgehead atoms. The lowest BCUT2D eigenvalue weighted by molar-refractivity contribution is 0.967. The predicted molar refractivity (Wildman–Crippen MR) is 168 cm³/mol. The molecule has 2 heteroatoms. The van der Waals surface area contributed by atoms with Crippen LogP contribution >= 0.6 is 0 Å². The van der Waals surface area contributed by atoms with E-state index in [1.165, 1.54) is 55.4 Å². The molecule has 2 heterocycles. The Balaban J connectivity index is 1.27. The zero-order valence-electron chi connectivity index (χ0n) is 22.1. The monoisotopic (exact) mass is 502 g/mol. The molecule has 1 aliphatic carbocycles. The Morgan fingerprint density at radius 1 is 0.692 bits per heavy atom. The maximum Gasteiger partial charge on any atom is 0.0541 e. The van der Waals surface area contributed by atoms with Crippen molar-refractivity contribution in [2.24, 2.45) is 0 Å². The fraction of sp³-hybridized carbons (Fsp3) is 0.0811. The third-order valence-corrected chi connectivity index (χ3v) is 7.92. The van der Waals surface area contributed by atoms with Crippen molar-refractivity contribution in [2.45, 2.75) is 19.8 Å². The molecule has 7 rings (SSSR count). The second-order valence-electron chi connectivity index (χ2n) is 10.1. The van der Waals surface area contributed by atoms with E-state index < -0.39 is 0 Å². The fourth-order valence-electron chi connectivity index (χ4n) is 6.18. The summed E-state index contributed by atoms with van der Waals surface area (Å²) >= 11 is 0. The molecule has 4 aromatic carbocycles. The van der Waals surface area contributed by atoms with Crippen molar-refractivity contribution in [2.75, 3.05) is 0 Å². The molecule has 6 aromatic rings. The third-order valence-electron chi connectivity index (χ3n) is 7.92. The minimum Gasteiger partial charge on any atom is -0.310 e. The second-order valence-corrected chi connectivity index (χ2v) is 10.1. The van der Waals surface area contributed by atoms with Crippen molar-refractivity contribution in [1.29, 1.82) is 0 Å². The Morgan fingerprint density at radius 3 is 1.92 bits per heavy atom. The minimum atomic E-state index is 1.10. The van der Waals surface area contributed by atoms with Crippen LogP contribution in [0, 0.1) is 0 Å². The molecule has 0 radical (unpaired) electrons. The van der Waals surface area contributed by atoms with Crippen molar-refractivity contribution in [3.63, 3.8) is 0 Å². The van der Waals surface area contributed by atoms with E-state index >= 15 is 0 Å². The van der Waals surface area contributed by atoms with Gasteiger partial charge in [-0.15, -0.1) is 0 Å². The van der Waals surface area contributed by atoms with Crippen molar-refractivity contribution in [3.8, 4) is 22.5 Å². The molecule has 0 saturated heterocycles. The molecule has 0 aliphatic heterocycles. The van der Waals surface area contributed by atoms with Gasteiger partial charge < -0.3 is 9.13 Å². The van der Waals surface area contributed by atoms with Gasteiger partial charge >= 0.3 is 0 Å². The van der Waals surface area contributed by atoms with E-state index in [1.807, 2.05) is 6.08 Å². The van der Waals surface area contributed by atoms with Crippen LogP contribution in [-0.4, -0.2) is 9.13 Å². The van der Waals surface area contributed by atoms with Crippen LogP contribution in [0.25, 0.3) is 62.5 Å². The number of para-hydroxylation sites is 2. The van der Waals surface area contributed by atoms with Crippen molar-refractivity contribution in [3.05, 3.63) is 138 Å². The summed E-state index contributed by atoms with van der Waals surface area (Å²) in [6.07, 6.45) is 13.0. The summed E-state index contributed by atoms with van der Waals surface area (Å²) in [5, 5.41) is 2.60. The summed E-state index contributed by atoms with van der Waals surface area (Å²) in [6, 6.07) is 35.2. The summed E-state index contributed by atoms with van der Waals surface area (Å²) in [7, 11) is 0. The first-order valence-corrected chi connectivity index (χ1v) is 13.7. The summed E-state index contributed by atoms with van der Waals surface area (Å²) < 4.78 is 4.71. The molecule has 0 unspecified atom stereocenters. The van der Waals surface area contributed by atoms with Crippen LogP contribution in [0.2, 0.25) is 0 Å². The number of hydrogen-bond donors (Lipinski definition) is 0. The average Bonchev–Trinajstić information content (AvgIpc) is 3.50. The number of rotatable bonds is 5. The summed E-state index contributed by atoms with van der Waals surface area (Å²) in [5.41, 5.74) is 12.3. The largest absolute Gasteiger partial charge is 0.310 e. The third kappa shape index (κ3) is 3.72. The van der Waals surface area contributed by atoms with E-state index in [1.54, 1.807) is 0 Å². The second kappa shape index (κ2) is 9.49. The number of fused-ring (bicyclic) bond motifs is 4. The first kappa shape index (κ1) is 23.3. The van der Waals surface area contributed by atoms with Crippen LogP contribution < -0.4 is 0 Å². The Labute approximate surface area is 229 Å². The number of nitrogens with zero attached hydrogens (tertiary/aromatic N) is 2. The Hall–Kier alpha value is -4.82. The molecule has 0 spiro atoms. The highest BCUT2D eigenvalue weighted by molar-refractivity contribution is 5.95. The lowest BCUT2D eigenvalue weighted by Crippen LogP contribution is -2.00. The van der Waals surface area contributed by atoms with E-state index in [9.17, 15) is 0 Å². The maximum absolute atomic E-state index is 4.13. The molecular weight excluding hydrogens is 472 g/mol. The van der Waals surface area contributed by atoms with Crippen LogP contribution in [0.1, 0.15) is 35.9 Å². The molecule has 0 saturated carbocycles. The van der Waals surface area contributed by atoms with E-state index in [-0.39, 0.29) is 0 Å². The first-order valence-electron chi connectivity index (χ1n) is 13.7. The van der Waals surface area contributed by atoms with Crippen LogP contribution in [0.3, 0.4) is 0 Å². The van der Waals surface area contributed by atoms with E-state index in [0.717, 1.165) is 24.2 Å². The van der Waals surface area contributed by atoms with Gasteiger partial charge in [-0.25, -0.2) is 0 Å². The molecule has 0 amide bonds. The Kier molecular flexibility index (Phi) is 5.67. The first-order chi connectivity index (χ1) is 19.3. The molecular formula is C37H30N2. The molecule has 39 heavy (non-hydrogen) atoms. The van der Waals surface area contributed by atoms with Gasteiger partial charge in [-0.2, -0.15) is 0 Å². The minimum absolute atomic E-state index is 1.10. The molecule has 0 N–H and O–H groups in total. The number of hydrogen-bond acceptors (Lipinski definition) is 0. The predicted octanol–water partition coefficient (Wildman–Crippen LogP) is 9.88. The van der Waals surface area contributed by atoms with Gasteiger partial charge in [0.2, 0.25) is 0 Å². The average molecular weight is 503 g/mol. The standard InChI is InChI=1S/C37H30N2/c1-3-11-30-31-12-5-8-15-35(31)38(34(30)4-2)28-22-18-26(19-23-28)27-20-24-29(25-21-27)39-36-16-9-6-13-32(36)33-14-7-10-17-37(33)39/h3-6,8-13,15-25H,2,7,14H2,1H3/b11-3-. The molecule has 1 aliphatic rings. The van der Waals surface area contributed by atoms with Gasteiger partial charge in [0.15, 0.2) is 0 Å². The smallest absolute Gasteiger partial charge is 0.0541 e. The van der Waals surface area contributed by atoms with Gasteiger partial charge in [-0.05, 0) is 85.0 Å². The van der Waals surface area contributed by atoms with Crippen LogP contribution in [0.5, 0.6) is 0 Å². The van der Waals surface area contributed by atoms with Gasteiger partial charge in [0, 0.05) is 33.4 Å². The maximum atomic E-state index is 4.13. The summed E-state index contributed by atoms with van der Waals surface area (Å²) in [5.74, 6) is 0. The van der Waals surface area contributed by atoms with Gasteiger partial charge in [-0.1, -0.05) is 85.5 Å². The number of aryl methyl sites for hydroxylation is 1. The van der Waals surface area contributed by atoms with Gasteiger partial charge in [-0.3, -0.25) is 0 Å². The normalized spacial score (nSPS) is 12.9. The molecule has 0 fully saturated rings. The molecule has 0 atom stereocenters. The molecule has 2 nitrogen and oxygen atoms in total. The Morgan fingerprint density at radius 2 is 1.28 bits per heavy atom. The van der Waals surface area contributed by atoms with Gasteiger partial charge in [0.05, 0.1) is 16.7 Å². The zero-order valence-corrected chi connectivity index (χ0v) is 22.1. The van der Waals surface area contributed by atoms with Crippen molar-refractivity contribution < 1.29 is 0 Å². The van der Waals surface area contributed by atoms with E-state index in [4.69, 9.17) is 0 Å². The topological polar surface area (TPSA) is 9.86 Å². The van der Waals surface area contributed by atoms with E-state index in [0.29, 0.717) is 0 Å². The highest BCUT2D eigenvalue weighted by Gasteiger charge is 2.18. The fourth-order valence-corrected chi connectivity index (χ4v) is 6.18. The lowest BCUT2D eigenvalue weighted by atomic mass is 10.0. The quantitative estimate of drug-likeness (QED) is 0.222. The van der Waals surface area contributed by atoms with Crippen molar-refractivity contribution in [1.82, 2.24) is 9.13 Å². The zero-order chi connectivity index (χ0) is 26.3. The van der Waals surface area contributed by atoms with E-state index in [2.05, 4.69) is 144 Å². The molecule has 2 aromatic heterocycles. The summed E-state index contributed by atoms with van der Waals surface area (Å²) in [4.78, 5) is 0. The SMILES string of the molecule is C=Cc1c(/C=C\C)c2ccccc2n1-c1ccc(-c2ccc(-n3c4c(c5ccccc53)CCC=C4)cc2)cc1. The van der Waals surface area contributed by atoms with Crippen LogP contribution in [0.15, 0.2) is 116 Å².